The first-order chi connectivity index (χ1) is 16.3. The molecule has 1 unspecified atom stereocenters. The highest BCUT2D eigenvalue weighted by Crippen LogP contribution is 2.22. The molecule has 2 rings (SSSR count). The lowest BCUT2D eigenvalue weighted by atomic mass is 10.1. The molecule has 7 heteroatoms. The monoisotopic (exact) mass is 552 g/mol. The summed E-state index contributed by atoms with van der Waals surface area (Å²) in [7, 11) is 0. The van der Waals surface area contributed by atoms with E-state index in [9.17, 15) is 4.79 Å². The molecule has 1 aliphatic rings. The summed E-state index contributed by atoms with van der Waals surface area (Å²) in [6.07, 6.45) is 20.1. The average molecular weight is 554 g/mol. The number of nitrogens with two attached hydrogens (primary N) is 1. The number of ether oxygens (including phenoxy) is 1. The van der Waals surface area contributed by atoms with Crippen LogP contribution in [-0.2, 0) is 22.5 Å². The molecule has 34 heavy (non-hydrogen) atoms. The Balaban J connectivity index is 0.00000258. The van der Waals surface area contributed by atoms with Gasteiger partial charge < -0.3 is 20.1 Å². The molecule has 0 radical (unpaired) electrons. The topological polar surface area (TPSA) is 77.5 Å². The second-order valence-corrected chi connectivity index (χ2v) is 8.57. The van der Waals surface area contributed by atoms with Gasteiger partial charge in [-0.25, -0.2) is 0 Å². The number of aromatic nitrogens is 1. The highest BCUT2D eigenvalue weighted by molar-refractivity contribution is 9.10. The number of fused-ring (bicyclic) bond motifs is 1. The number of nitrogens with zero attached hydrogens (tertiary/aromatic N) is 1. The van der Waals surface area contributed by atoms with Crippen molar-refractivity contribution in [1.29, 1.82) is 0 Å². The number of carbonyl (C=O) groups is 1. The van der Waals surface area contributed by atoms with Crippen molar-refractivity contribution < 1.29 is 14.6 Å². The molecule has 0 aliphatic heterocycles. The van der Waals surface area contributed by atoms with E-state index < -0.39 is 5.97 Å². The zero-order chi connectivity index (χ0) is 26.3. The third-order valence-corrected chi connectivity index (χ3v) is 6.05. The molecule has 1 atom stereocenters. The lowest BCUT2D eigenvalue weighted by Gasteiger charge is -2.10. The summed E-state index contributed by atoms with van der Waals surface area (Å²) in [6, 6.07) is -0.00554. The fraction of sp³-hybridized carbons (Fsp3) is 0.444. The van der Waals surface area contributed by atoms with Crippen LogP contribution >= 0.6 is 27.5 Å². The van der Waals surface area contributed by atoms with E-state index in [1.54, 1.807) is 0 Å². The molecular formula is C27H38BrClN2O3. The Morgan fingerprint density at radius 2 is 2.03 bits per heavy atom. The maximum atomic E-state index is 10.7. The number of hydrogen-bond acceptors (Lipinski definition) is 3. The van der Waals surface area contributed by atoms with Gasteiger partial charge in [-0.1, -0.05) is 49.8 Å². The van der Waals surface area contributed by atoms with E-state index in [1.807, 2.05) is 46.8 Å². The molecule has 1 aromatic rings. The zero-order valence-corrected chi connectivity index (χ0v) is 23.2. The number of terminal acetylenes is 1. The van der Waals surface area contributed by atoms with Gasteiger partial charge >= 0.3 is 5.97 Å². The Morgan fingerprint density at radius 1 is 1.38 bits per heavy atom. The van der Waals surface area contributed by atoms with Gasteiger partial charge in [0.25, 0.3) is 0 Å². The molecule has 188 valence electrons. The predicted molar refractivity (Wildman–Crippen MR) is 148 cm³/mol. The fourth-order valence-corrected chi connectivity index (χ4v) is 4.27. The van der Waals surface area contributed by atoms with Crippen LogP contribution in [0.5, 0.6) is 0 Å². The maximum absolute atomic E-state index is 10.7. The molecule has 0 saturated carbocycles. The van der Waals surface area contributed by atoms with Crippen molar-refractivity contribution >= 4 is 45.7 Å². The van der Waals surface area contributed by atoms with Gasteiger partial charge in [-0.15, -0.1) is 12.8 Å². The summed E-state index contributed by atoms with van der Waals surface area (Å²) >= 11 is 10.3. The molecule has 0 bridgehead atoms. The molecule has 5 nitrogen and oxygen atoms in total. The van der Waals surface area contributed by atoms with Gasteiger partial charge in [0.1, 0.15) is 5.76 Å². The zero-order valence-electron chi connectivity index (χ0n) is 20.9. The first-order valence-corrected chi connectivity index (χ1v) is 12.6. The van der Waals surface area contributed by atoms with Crippen molar-refractivity contribution in [3.63, 3.8) is 0 Å². The SMILES string of the molecule is C#C.C/C=C\C(=C/C)Cn1c(Br)c(CC(C)N)c2c1=CCC(Cl)=C(OCCCC(=O)O)C=2.CC. The number of aliphatic carboxylic acids is 1. The van der Waals surface area contributed by atoms with Gasteiger partial charge in [0.2, 0.25) is 0 Å². The van der Waals surface area contributed by atoms with Gasteiger partial charge in [0, 0.05) is 36.0 Å². The smallest absolute Gasteiger partial charge is 0.303 e. The van der Waals surface area contributed by atoms with Crippen LogP contribution in [0.3, 0.4) is 0 Å². The quantitative estimate of drug-likeness (QED) is 0.236. The van der Waals surface area contributed by atoms with Crippen molar-refractivity contribution in [3.8, 4) is 12.8 Å². The van der Waals surface area contributed by atoms with Crippen molar-refractivity contribution in [1.82, 2.24) is 4.57 Å². The third-order valence-electron chi connectivity index (χ3n) is 4.81. The highest BCUT2D eigenvalue weighted by Gasteiger charge is 2.18. The van der Waals surface area contributed by atoms with Gasteiger partial charge in [-0.3, -0.25) is 4.79 Å². The number of carboxylic acids is 1. The molecule has 0 fully saturated rings. The molecule has 0 amide bonds. The summed E-state index contributed by atoms with van der Waals surface area (Å²) in [5, 5.41) is 11.5. The van der Waals surface area contributed by atoms with E-state index >= 15 is 0 Å². The van der Waals surface area contributed by atoms with Gasteiger partial charge in [-0.2, -0.15) is 0 Å². The minimum Gasteiger partial charge on any atom is -0.492 e. The number of rotatable bonds is 10. The summed E-state index contributed by atoms with van der Waals surface area (Å²) < 4.78 is 9.10. The van der Waals surface area contributed by atoms with Crippen LogP contribution in [0.15, 0.2) is 39.2 Å². The second-order valence-electron chi connectivity index (χ2n) is 7.37. The van der Waals surface area contributed by atoms with Crippen LogP contribution in [0, 0.1) is 12.8 Å². The molecule has 1 heterocycles. The van der Waals surface area contributed by atoms with Crippen LogP contribution in [0.25, 0.3) is 12.2 Å². The highest BCUT2D eigenvalue weighted by atomic mass is 79.9. The van der Waals surface area contributed by atoms with Crippen molar-refractivity contribution in [3.05, 3.63) is 55.3 Å². The Kier molecular flexibility index (Phi) is 16.1. The fourth-order valence-electron chi connectivity index (χ4n) is 3.39. The lowest BCUT2D eigenvalue weighted by molar-refractivity contribution is -0.137. The lowest BCUT2D eigenvalue weighted by Crippen LogP contribution is -2.32. The van der Waals surface area contributed by atoms with E-state index in [1.165, 1.54) is 5.57 Å². The van der Waals surface area contributed by atoms with Gasteiger partial charge in [0.05, 0.1) is 16.2 Å². The molecule has 1 aromatic heterocycles. The maximum Gasteiger partial charge on any atom is 0.303 e. The third kappa shape index (κ3) is 9.58. The molecule has 1 aliphatic carbocycles. The molecular weight excluding hydrogens is 516 g/mol. The molecule has 0 spiro atoms. The Hall–Kier alpha value is -2.20. The van der Waals surface area contributed by atoms with Crippen LogP contribution < -0.4 is 16.3 Å². The Bertz CT molecular complexity index is 1030. The number of halogens is 2. The largest absolute Gasteiger partial charge is 0.492 e. The number of allylic oxidation sites excluding steroid dienone is 6. The Morgan fingerprint density at radius 3 is 2.56 bits per heavy atom. The van der Waals surface area contributed by atoms with Crippen LogP contribution in [0.4, 0.5) is 0 Å². The van der Waals surface area contributed by atoms with E-state index in [4.69, 9.17) is 27.2 Å². The summed E-state index contributed by atoms with van der Waals surface area (Å²) in [5.74, 6) is -0.243. The first-order valence-electron chi connectivity index (χ1n) is 11.5. The number of carboxylic acid groups (broad SMARTS) is 1. The Labute approximate surface area is 217 Å². The van der Waals surface area contributed by atoms with E-state index in [-0.39, 0.29) is 12.5 Å². The van der Waals surface area contributed by atoms with E-state index in [0.29, 0.717) is 36.7 Å². The van der Waals surface area contributed by atoms with E-state index in [0.717, 1.165) is 27.3 Å². The predicted octanol–water partition coefficient (Wildman–Crippen LogP) is 5.23. The van der Waals surface area contributed by atoms with Crippen molar-refractivity contribution in [2.45, 2.75) is 72.9 Å². The molecule has 0 saturated heterocycles. The van der Waals surface area contributed by atoms with Gasteiger partial charge in [-0.05, 0) is 66.8 Å². The summed E-state index contributed by atoms with van der Waals surface area (Å²) in [4.78, 5) is 10.7. The number of hydrogen-bond donors (Lipinski definition) is 2. The van der Waals surface area contributed by atoms with Crippen LogP contribution in [0.1, 0.15) is 59.4 Å². The molecule has 0 aromatic carbocycles. The van der Waals surface area contributed by atoms with E-state index in [2.05, 4.69) is 51.6 Å². The normalized spacial score (nSPS) is 13.9. The van der Waals surface area contributed by atoms with Crippen LogP contribution in [0.2, 0.25) is 0 Å². The standard InChI is InChI=1S/C23H30BrClN2O3.C2H6.C2H2/c1-4-7-16(5-2)14-27-20-10-9-19(25)21(30-11-6-8-22(28)29)13-17(20)18(23(27)24)12-15(3)26;2*1-2/h4-5,7,10,13,15H,6,8-9,11-12,14,26H2,1-3H3,(H,28,29);1-2H3;1-2H/b7-4-,16-5+;;. The minimum atomic E-state index is -0.833. The average Bonchev–Trinajstić information content (AvgIpc) is 2.94. The van der Waals surface area contributed by atoms with Crippen LogP contribution in [-0.4, -0.2) is 28.3 Å². The summed E-state index contributed by atoms with van der Waals surface area (Å²) in [5.41, 5.74) is 8.45. The van der Waals surface area contributed by atoms with Crippen molar-refractivity contribution in [2.24, 2.45) is 5.73 Å². The first kappa shape index (κ1) is 31.8. The van der Waals surface area contributed by atoms with Crippen molar-refractivity contribution in [2.75, 3.05) is 6.61 Å². The second kappa shape index (κ2) is 17.3. The minimum absolute atomic E-state index is 0.00554. The molecule has 3 N–H and O–H groups in total. The van der Waals surface area contributed by atoms with Gasteiger partial charge in [0.15, 0.2) is 0 Å². The summed E-state index contributed by atoms with van der Waals surface area (Å²) in [6.45, 7) is 11.1.